The molecule has 0 saturated carbocycles. The molecule has 1 aromatic carbocycles. The van der Waals surface area contributed by atoms with Crippen molar-refractivity contribution in [2.24, 2.45) is 0 Å². The SMILES string of the molecule is CCOC(=O)Cc1ccc(CC)c(C#N)c1C(F)F. The minimum absolute atomic E-state index is 0.0284. The third-order valence-electron chi connectivity index (χ3n) is 2.77. The zero-order valence-corrected chi connectivity index (χ0v) is 10.9. The fourth-order valence-electron chi connectivity index (χ4n) is 1.91. The predicted octanol–water partition coefficient (Wildman–Crippen LogP) is 3.16. The zero-order valence-electron chi connectivity index (χ0n) is 10.9. The molecule has 0 aliphatic heterocycles. The van der Waals surface area contributed by atoms with Crippen LogP contribution in [0.4, 0.5) is 8.78 Å². The van der Waals surface area contributed by atoms with E-state index in [1.54, 1.807) is 19.9 Å². The molecule has 0 saturated heterocycles. The van der Waals surface area contributed by atoms with Crippen molar-refractivity contribution in [2.75, 3.05) is 6.61 Å². The Bertz CT molecular complexity index is 507. The molecule has 19 heavy (non-hydrogen) atoms. The van der Waals surface area contributed by atoms with Crippen molar-refractivity contribution in [1.82, 2.24) is 0 Å². The Hall–Kier alpha value is -1.96. The number of carbonyl (C=O) groups excluding carboxylic acids is 1. The van der Waals surface area contributed by atoms with Crippen molar-refractivity contribution in [3.63, 3.8) is 0 Å². The zero-order chi connectivity index (χ0) is 14.4. The van der Waals surface area contributed by atoms with E-state index in [2.05, 4.69) is 0 Å². The fraction of sp³-hybridized carbons (Fsp3) is 0.429. The normalized spacial score (nSPS) is 10.3. The first-order valence-corrected chi connectivity index (χ1v) is 6.03. The lowest BCUT2D eigenvalue weighted by atomic mass is 9.94. The van der Waals surface area contributed by atoms with Crippen LogP contribution >= 0.6 is 0 Å². The number of halogens is 2. The molecule has 0 N–H and O–H groups in total. The summed E-state index contributed by atoms with van der Waals surface area (Å²) in [6.45, 7) is 3.63. The lowest BCUT2D eigenvalue weighted by Gasteiger charge is -2.13. The molecule has 0 atom stereocenters. The second-order valence-electron chi connectivity index (χ2n) is 3.92. The molecular weight excluding hydrogens is 252 g/mol. The lowest BCUT2D eigenvalue weighted by Crippen LogP contribution is -2.11. The van der Waals surface area contributed by atoms with Gasteiger partial charge in [-0.05, 0) is 24.5 Å². The van der Waals surface area contributed by atoms with E-state index in [9.17, 15) is 13.6 Å². The van der Waals surface area contributed by atoms with Gasteiger partial charge in [0.2, 0.25) is 0 Å². The number of nitriles is 1. The van der Waals surface area contributed by atoms with E-state index >= 15 is 0 Å². The van der Waals surface area contributed by atoms with Crippen molar-refractivity contribution in [1.29, 1.82) is 5.26 Å². The van der Waals surface area contributed by atoms with Gasteiger partial charge >= 0.3 is 5.97 Å². The Morgan fingerprint density at radius 2 is 2.00 bits per heavy atom. The Balaban J connectivity index is 3.25. The third kappa shape index (κ3) is 3.50. The summed E-state index contributed by atoms with van der Waals surface area (Å²) in [6, 6.07) is 4.89. The molecule has 0 aliphatic carbocycles. The number of rotatable bonds is 5. The van der Waals surface area contributed by atoms with Crippen molar-refractivity contribution in [2.45, 2.75) is 33.1 Å². The molecule has 0 amide bonds. The Morgan fingerprint density at radius 1 is 1.37 bits per heavy atom. The largest absolute Gasteiger partial charge is 0.466 e. The Labute approximate surface area is 110 Å². The van der Waals surface area contributed by atoms with Gasteiger partial charge in [0.15, 0.2) is 0 Å². The molecule has 0 fully saturated rings. The summed E-state index contributed by atoms with van der Waals surface area (Å²) in [5, 5.41) is 9.04. The summed E-state index contributed by atoms with van der Waals surface area (Å²) >= 11 is 0. The van der Waals surface area contributed by atoms with Gasteiger partial charge in [-0.25, -0.2) is 8.78 Å². The molecule has 0 radical (unpaired) electrons. The average molecular weight is 267 g/mol. The molecule has 5 heteroatoms. The van der Waals surface area contributed by atoms with Gasteiger partial charge in [0.1, 0.15) is 0 Å². The lowest BCUT2D eigenvalue weighted by molar-refractivity contribution is -0.142. The second kappa shape index (κ2) is 6.83. The second-order valence-corrected chi connectivity index (χ2v) is 3.92. The number of alkyl halides is 2. The molecule has 0 aliphatic rings. The van der Waals surface area contributed by atoms with Crippen LogP contribution in [0.5, 0.6) is 0 Å². The molecular formula is C14H15F2NO2. The van der Waals surface area contributed by atoms with Gasteiger partial charge in [0, 0.05) is 5.56 Å². The summed E-state index contributed by atoms with van der Waals surface area (Å²) in [6.07, 6.45) is -2.54. The van der Waals surface area contributed by atoms with Crippen molar-refractivity contribution in [3.8, 4) is 6.07 Å². The summed E-state index contributed by atoms with van der Waals surface area (Å²) in [4.78, 5) is 11.4. The number of nitrogens with zero attached hydrogens (tertiary/aromatic N) is 1. The van der Waals surface area contributed by atoms with E-state index < -0.39 is 12.4 Å². The number of hydrogen-bond donors (Lipinski definition) is 0. The summed E-state index contributed by atoms with van der Waals surface area (Å²) in [5.41, 5.74) is 0.335. The van der Waals surface area contributed by atoms with Crippen LogP contribution in [0.2, 0.25) is 0 Å². The Kier molecular flexibility index (Phi) is 5.43. The average Bonchev–Trinajstić information content (AvgIpc) is 2.37. The number of hydrogen-bond acceptors (Lipinski definition) is 3. The minimum Gasteiger partial charge on any atom is -0.466 e. The maximum absolute atomic E-state index is 13.1. The molecule has 1 rings (SSSR count). The van der Waals surface area contributed by atoms with Gasteiger partial charge in [-0.1, -0.05) is 19.1 Å². The summed E-state index contributed by atoms with van der Waals surface area (Å²) in [5.74, 6) is -0.572. The fourth-order valence-corrected chi connectivity index (χ4v) is 1.91. The molecule has 3 nitrogen and oxygen atoms in total. The highest BCUT2D eigenvalue weighted by atomic mass is 19.3. The van der Waals surface area contributed by atoms with E-state index in [1.807, 2.05) is 6.07 Å². The summed E-state index contributed by atoms with van der Waals surface area (Å²) in [7, 11) is 0. The first-order chi connectivity index (χ1) is 9.04. The Morgan fingerprint density at radius 3 is 2.47 bits per heavy atom. The molecule has 0 bridgehead atoms. The van der Waals surface area contributed by atoms with Crippen LogP contribution in [0.25, 0.3) is 0 Å². The highest BCUT2D eigenvalue weighted by Crippen LogP contribution is 2.29. The topological polar surface area (TPSA) is 50.1 Å². The number of benzene rings is 1. The van der Waals surface area contributed by atoms with Gasteiger partial charge < -0.3 is 4.74 Å². The third-order valence-corrected chi connectivity index (χ3v) is 2.77. The van der Waals surface area contributed by atoms with Crippen LogP contribution in [0.15, 0.2) is 12.1 Å². The molecule has 0 aromatic heterocycles. The maximum atomic E-state index is 13.1. The van der Waals surface area contributed by atoms with E-state index in [4.69, 9.17) is 10.00 Å². The standard InChI is InChI=1S/C14H15F2NO2/c1-3-9-5-6-10(7-12(18)19-4-2)13(14(15)16)11(9)8-17/h5-6,14H,3-4,7H2,1-2H3. The van der Waals surface area contributed by atoms with Gasteiger partial charge in [-0.2, -0.15) is 5.26 Å². The van der Waals surface area contributed by atoms with Gasteiger partial charge in [0.25, 0.3) is 6.43 Å². The molecule has 102 valence electrons. The predicted molar refractivity (Wildman–Crippen MR) is 65.8 cm³/mol. The van der Waals surface area contributed by atoms with E-state index in [0.717, 1.165) is 0 Å². The van der Waals surface area contributed by atoms with Crippen molar-refractivity contribution < 1.29 is 18.3 Å². The molecule has 0 heterocycles. The van der Waals surface area contributed by atoms with E-state index in [0.29, 0.717) is 12.0 Å². The van der Waals surface area contributed by atoms with Gasteiger partial charge in [-0.3, -0.25) is 4.79 Å². The summed E-state index contributed by atoms with van der Waals surface area (Å²) < 4.78 is 31.0. The quantitative estimate of drug-likeness (QED) is 0.770. The highest BCUT2D eigenvalue weighted by molar-refractivity contribution is 5.73. The van der Waals surface area contributed by atoms with Gasteiger partial charge in [-0.15, -0.1) is 0 Å². The van der Waals surface area contributed by atoms with Crippen molar-refractivity contribution in [3.05, 3.63) is 34.4 Å². The van der Waals surface area contributed by atoms with Crippen LogP contribution in [-0.2, 0) is 22.4 Å². The van der Waals surface area contributed by atoms with Crippen LogP contribution in [0.1, 0.15) is 42.5 Å². The number of ether oxygens (including phenoxy) is 1. The minimum atomic E-state index is -2.79. The van der Waals surface area contributed by atoms with Crippen LogP contribution < -0.4 is 0 Å². The first kappa shape index (κ1) is 15.1. The van der Waals surface area contributed by atoms with Crippen LogP contribution in [-0.4, -0.2) is 12.6 Å². The van der Waals surface area contributed by atoms with E-state index in [1.165, 1.54) is 6.07 Å². The van der Waals surface area contributed by atoms with E-state index in [-0.39, 0.29) is 29.7 Å². The number of esters is 1. The van der Waals surface area contributed by atoms with Gasteiger partial charge in [0.05, 0.1) is 24.7 Å². The first-order valence-electron chi connectivity index (χ1n) is 6.03. The smallest absolute Gasteiger partial charge is 0.310 e. The monoisotopic (exact) mass is 267 g/mol. The maximum Gasteiger partial charge on any atom is 0.310 e. The molecule has 0 spiro atoms. The van der Waals surface area contributed by atoms with Crippen LogP contribution in [0.3, 0.4) is 0 Å². The highest BCUT2D eigenvalue weighted by Gasteiger charge is 2.22. The van der Waals surface area contributed by atoms with Crippen molar-refractivity contribution >= 4 is 5.97 Å². The molecule has 0 unspecified atom stereocenters. The number of aryl methyl sites for hydroxylation is 1. The molecule has 1 aromatic rings. The number of carbonyl (C=O) groups is 1. The van der Waals surface area contributed by atoms with Crippen LogP contribution in [0, 0.1) is 11.3 Å².